The van der Waals surface area contributed by atoms with Crippen molar-refractivity contribution in [2.45, 2.75) is 31.6 Å². The fourth-order valence-corrected chi connectivity index (χ4v) is 1.47. The first-order chi connectivity index (χ1) is 7.75. The van der Waals surface area contributed by atoms with E-state index in [2.05, 4.69) is 15.3 Å². The normalized spacial score (nSPS) is 14.8. The molecule has 0 atom stereocenters. The van der Waals surface area contributed by atoms with Crippen molar-refractivity contribution in [1.29, 1.82) is 0 Å². The summed E-state index contributed by atoms with van der Waals surface area (Å²) < 4.78 is 0. The van der Waals surface area contributed by atoms with Gasteiger partial charge in [-0.2, -0.15) is 0 Å². The second-order valence-electron chi connectivity index (χ2n) is 4.00. The van der Waals surface area contributed by atoms with Crippen molar-refractivity contribution in [3.05, 3.63) is 18.1 Å². The van der Waals surface area contributed by atoms with E-state index in [1.165, 1.54) is 12.8 Å². The zero-order valence-corrected chi connectivity index (χ0v) is 9.02. The molecule has 0 amide bonds. The number of hydrogen-bond donors (Lipinski definition) is 2. The van der Waals surface area contributed by atoms with Gasteiger partial charge in [-0.05, 0) is 25.3 Å². The van der Waals surface area contributed by atoms with E-state index in [9.17, 15) is 4.79 Å². The molecule has 0 radical (unpaired) electrons. The Balaban J connectivity index is 1.79. The van der Waals surface area contributed by atoms with E-state index >= 15 is 0 Å². The molecule has 5 nitrogen and oxygen atoms in total. The van der Waals surface area contributed by atoms with Crippen LogP contribution in [0.25, 0.3) is 0 Å². The molecule has 0 unspecified atom stereocenters. The van der Waals surface area contributed by atoms with Crippen molar-refractivity contribution in [3.8, 4) is 0 Å². The third-order valence-electron chi connectivity index (χ3n) is 2.49. The number of aromatic nitrogens is 2. The molecule has 0 spiro atoms. The lowest BCUT2D eigenvalue weighted by molar-refractivity contribution is -0.137. The van der Waals surface area contributed by atoms with Gasteiger partial charge in [0.2, 0.25) is 0 Å². The van der Waals surface area contributed by atoms with Gasteiger partial charge in [-0.25, -0.2) is 9.97 Å². The number of carbonyl (C=O) groups is 1. The van der Waals surface area contributed by atoms with Crippen LogP contribution in [0.15, 0.2) is 12.3 Å². The highest BCUT2D eigenvalue weighted by atomic mass is 16.4. The van der Waals surface area contributed by atoms with Crippen molar-refractivity contribution in [2.24, 2.45) is 0 Å². The summed E-state index contributed by atoms with van der Waals surface area (Å²) in [5.74, 6) is 1.48. The lowest BCUT2D eigenvalue weighted by Gasteiger charge is -2.05. The summed E-state index contributed by atoms with van der Waals surface area (Å²) >= 11 is 0. The number of carboxylic acids is 1. The molecule has 0 bridgehead atoms. The highest BCUT2D eigenvalue weighted by molar-refractivity contribution is 5.66. The van der Waals surface area contributed by atoms with E-state index in [4.69, 9.17) is 5.11 Å². The Morgan fingerprint density at radius 2 is 2.38 bits per heavy atom. The van der Waals surface area contributed by atoms with Gasteiger partial charge in [-0.3, -0.25) is 4.79 Å². The first-order valence-corrected chi connectivity index (χ1v) is 5.54. The van der Waals surface area contributed by atoms with E-state index in [1.807, 2.05) is 6.07 Å². The molecular weight excluding hydrogens is 206 g/mol. The van der Waals surface area contributed by atoms with Crippen LogP contribution in [-0.2, 0) is 4.79 Å². The first-order valence-electron chi connectivity index (χ1n) is 5.54. The SMILES string of the molecule is O=C(O)CCCNc1ccnc(C2CC2)n1. The largest absolute Gasteiger partial charge is 0.481 e. The van der Waals surface area contributed by atoms with Crippen LogP contribution in [-0.4, -0.2) is 27.6 Å². The number of nitrogens with one attached hydrogen (secondary N) is 1. The third kappa shape index (κ3) is 3.18. The average molecular weight is 221 g/mol. The molecule has 0 saturated heterocycles. The van der Waals surface area contributed by atoms with Crippen molar-refractivity contribution in [1.82, 2.24) is 9.97 Å². The van der Waals surface area contributed by atoms with Gasteiger partial charge in [0.05, 0.1) is 0 Å². The Morgan fingerprint density at radius 3 is 3.06 bits per heavy atom. The molecule has 1 fully saturated rings. The summed E-state index contributed by atoms with van der Waals surface area (Å²) in [5.41, 5.74) is 0. The molecule has 86 valence electrons. The molecule has 2 N–H and O–H groups in total. The lowest BCUT2D eigenvalue weighted by Crippen LogP contribution is -2.07. The van der Waals surface area contributed by atoms with Gasteiger partial charge in [-0.15, -0.1) is 0 Å². The summed E-state index contributed by atoms with van der Waals surface area (Å²) in [5, 5.41) is 11.6. The van der Waals surface area contributed by atoms with Crippen molar-refractivity contribution < 1.29 is 9.90 Å². The maximum Gasteiger partial charge on any atom is 0.303 e. The van der Waals surface area contributed by atoms with Gasteiger partial charge in [0.25, 0.3) is 0 Å². The molecule has 1 aliphatic rings. The molecule has 1 aliphatic carbocycles. The summed E-state index contributed by atoms with van der Waals surface area (Å²) in [6, 6.07) is 1.81. The van der Waals surface area contributed by atoms with E-state index in [0.717, 1.165) is 11.6 Å². The van der Waals surface area contributed by atoms with Gasteiger partial charge in [0.15, 0.2) is 0 Å². The summed E-state index contributed by atoms with van der Waals surface area (Å²) in [4.78, 5) is 18.9. The van der Waals surface area contributed by atoms with Gasteiger partial charge in [0.1, 0.15) is 11.6 Å². The zero-order chi connectivity index (χ0) is 11.4. The molecule has 0 aromatic carbocycles. The van der Waals surface area contributed by atoms with E-state index in [0.29, 0.717) is 18.9 Å². The third-order valence-corrected chi connectivity index (χ3v) is 2.49. The van der Waals surface area contributed by atoms with Gasteiger partial charge in [-0.1, -0.05) is 0 Å². The molecule has 1 saturated carbocycles. The van der Waals surface area contributed by atoms with Gasteiger partial charge < -0.3 is 10.4 Å². The number of carboxylic acid groups (broad SMARTS) is 1. The monoisotopic (exact) mass is 221 g/mol. The van der Waals surface area contributed by atoms with Crippen LogP contribution in [0.5, 0.6) is 0 Å². The topological polar surface area (TPSA) is 75.1 Å². The predicted molar refractivity (Wildman–Crippen MR) is 59.4 cm³/mol. The number of hydrogen-bond acceptors (Lipinski definition) is 4. The standard InChI is InChI=1S/C11H15N3O2/c15-10(16)2-1-6-12-9-5-7-13-11(14-9)8-3-4-8/h5,7-8H,1-4,6H2,(H,15,16)(H,12,13,14). The molecule has 1 heterocycles. The Kier molecular flexibility index (Phi) is 3.34. The van der Waals surface area contributed by atoms with Crippen LogP contribution in [0, 0.1) is 0 Å². The van der Waals surface area contributed by atoms with Crippen molar-refractivity contribution >= 4 is 11.8 Å². The number of aliphatic carboxylic acids is 1. The Labute approximate surface area is 93.9 Å². The minimum Gasteiger partial charge on any atom is -0.481 e. The summed E-state index contributed by atoms with van der Waals surface area (Å²) in [6.45, 7) is 0.632. The smallest absolute Gasteiger partial charge is 0.303 e. The second kappa shape index (κ2) is 4.92. The van der Waals surface area contributed by atoms with Crippen LogP contribution in [0.4, 0.5) is 5.82 Å². The fourth-order valence-electron chi connectivity index (χ4n) is 1.47. The maximum atomic E-state index is 10.3. The predicted octanol–water partition coefficient (Wildman–Crippen LogP) is 1.63. The van der Waals surface area contributed by atoms with E-state index in [1.54, 1.807) is 6.20 Å². The van der Waals surface area contributed by atoms with E-state index in [-0.39, 0.29) is 6.42 Å². The average Bonchev–Trinajstić information content (AvgIpc) is 3.08. The number of rotatable bonds is 6. The van der Waals surface area contributed by atoms with E-state index < -0.39 is 5.97 Å². The molecule has 16 heavy (non-hydrogen) atoms. The quantitative estimate of drug-likeness (QED) is 0.714. The van der Waals surface area contributed by atoms with Crippen LogP contribution >= 0.6 is 0 Å². The van der Waals surface area contributed by atoms with Crippen LogP contribution in [0.1, 0.15) is 37.4 Å². The number of nitrogens with zero attached hydrogens (tertiary/aromatic N) is 2. The summed E-state index contributed by atoms with van der Waals surface area (Å²) in [6.07, 6.45) is 4.91. The lowest BCUT2D eigenvalue weighted by atomic mass is 10.3. The molecular formula is C11H15N3O2. The minimum atomic E-state index is -0.761. The maximum absolute atomic E-state index is 10.3. The van der Waals surface area contributed by atoms with Crippen molar-refractivity contribution in [3.63, 3.8) is 0 Å². The van der Waals surface area contributed by atoms with Crippen molar-refractivity contribution in [2.75, 3.05) is 11.9 Å². The van der Waals surface area contributed by atoms with Gasteiger partial charge in [0, 0.05) is 25.1 Å². The molecule has 5 heteroatoms. The fraction of sp³-hybridized carbons (Fsp3) is 0.545. The zero-order valence-electron chi connectivity index (χ0n) is 9.02. The van der Waals surface area contributed by atoms with Crippen LogP contribution in [0.2, 0.25) is 0 Å². The molecule has 2 rings (SSSR count). The Morgan fingerprint density at radius 1 is 1.56 bits per heavy atom. The van der Waals surface area contributed by atoms with Gasteiger partial charge >= 0.3 is 5.97 Å². The number of anilines is 1. The highest BCUT2D eigenvalue weighted by Crippen LogP contribution is 2.37. The summed E-state index contributed by atoms with van der Waals surface area (Å²) in [7, 11) is 0. The van der Waals surface area contributed by atoms with Crippen LogP contribution < -0.4 is 5.32 Å². The second-order valence-corrected chi connectivity index (χ2v) is 4.00. The molecule has 1 aromatic rings. The molecule has 1 aromatic heterocycles. The Bertz CT molecular complexity index is 377. The first kappa shape index (κ1) is 10.9. The van der Waals surface area contributed by atoms with Crippen LogP contribution in [0.3, 0.4) is 0 Å². The minimum absolute atomic E-state index is 0.188. The molecule has 0 aliphatic heterocycles. The highest BCUT2D eigenvalue weighted by Gasteiger charge is 2.26. The Hall–Kier alpha value is -1.65.